The number of aliphatic hydroxyl groups is 1. The first-order chi connectivity index (χ1) is 22.5. The number of benzene rings is 1. The predicted molar refractivity (Wildman–Crippen MR) is 188 cm³/mol. The Kier molecular flexibility index (Phi) is 8.25. The second-order valence-electron chi connectivity index (χ2n) is 18.6. The molecular formula is C42H61NO5. The Bertz CT molecular complexity index is 1520. The van der Waals surface area contributed by atoms with Crippen molar-refractivity contribution in [3.05, 3.63) is 40.5 Å². The summed E-state index contributed by atoms with van der Waals surface area (Å²) in [4.78, 5) is 28.5. The van der Waals surface area contributed by atoms with E-state index >= 15 is 0 Å². The average molecular weight is 660 g/mol. The third-order valence-electron chi connectivity index (χ3n) is 15.8. The van der Waals surface area contributed by atoms with Gasteiger partial charge < -0.3 is 20.3 Å². The first kappa shape index (κ1) is 34.4. The molecular weight excluding hydrogens is 598 g/mol. The lowest BCUT2D eigenvalue weighted by Gasteiger charge is -2.68. The van der Waals surface area contributed by atoms with Crippen LogP contribution in [-0.4, -0.2) is 46.6 Å². The molecule has 0 amide bonds. The number of rotatable bonds is 8. The summed E-state index contributed by atoms with van der Waals surface area (Å²) in [6.45, 7) is 16.6. The molecule has 1 aromatic carbocycles. The fourth-order valence-electron chi connectivity index (χ4n) is 13.3. The summed E-state index contributed by atoms with van der Waals surface area (Å²) in [7, 11) is 1.90. The lowest BCUT2D eigenvalue weighted by Crippen LogP contribution is -2.63. The molecule has 4 saturated carbocycles. The second-order valence-corrected chi connectivity index (χ2v) is 18.6. The molecule has 48 heavy (non-hydrogen) atoms. The van der Waals surface area contributed by atoms with Gasteiger partial charge in [-0.15, -0.1) is 0 Å². The van der Waals surface area contributed by atoms with Gasteiger partial charge in [-0.2, -0.15) is 0 Å². The Hall–Kier alpha value is -2.02. The molecule has 6 nitrogen and oxygen atoms in total. The number of hydrogen-bond acceptors (Lipinski definition) is 6. The Morgan fingerprint density at radius 2 is 1.69 bits per heavy atom. The van der Waals surface area contributed by atoms with Crippen LogP contribution < -0.4 is 5.32 Å². The molecule has 0 radical (unpaired) electrons. The number of ketones is 2. The molecule has 1 heterocycles. The molecule has 10 atom stereocenters. The summed E-state index contributed by atoms with van der Waals surface area (Å²) in [5.74, 6) is 1.73. The minimum Gasteiger partial charge on any atom is -0.508 e. The highest BCUT2D eigenvalue weighted by atomic mass is 16.6. The van der Waals surface area contributed by atoms with Gasteiger partial charge in [0.1, 0.15) is 17.6 Å². The molecule has 1 saturated heterocycles. The summed E-state index contributed by atoms with van der Waals surface area (Å²) in [6.07, 6.45) is 10.1. The van der Waals surface area contributed by atoms with Gasteiger partial charge in [0.15, 0.2) is 5.78 Å². The maximum absolute atomic E-state index is 14.3. The number of aliphatic hydroxyl groups excluding tert-OH is 1. The average Bonchev–Trinajstić information content (AvgIpc) is 3.31. The number of allylic oxidation sites excluding steroid dienone is 2. The molecule has 6 heteroatoms. The van der Waals surface area contributed by atoms with Crippen molar-refractivity contribution >= 4 is 11.6 Å². The van der Waals surface area contributed by atoms with Crippen LogP contribution in [0.4, 0.5) is 0 Å². The Morgan fingerprint density at radius 3 is 2.38 bits per heavy atom. The maximum atomic E-state index is 14.3. The molecule has 264 valence electrons. The van der Waals surface area contributed by atoms with Crippen molar-refractivity contribution in [3.63, 3.8) is 0 Å². The van der Waals surface area contributed by atoms with E-state index in [0.717, 1.165) is 48.8 Å². The maximum Gasteiger partial charge on any atom is 0.159 e. The standard InChI is InChI=1S/C42H61NO5/c1-24(17-31(45)37-42(7,48-37)27-11-9-10-12-27)35-30-13-14-34-39(4)21-29(26-18-25(23-43-8)19-28(44)20-26)36(47)38(2,3)33(39)15-16-40(34,5)41(30,6)22-32(35)46/h18-20,24,27,29,31,33-34,37,43-45H,9-17,21-23H2,1-8H3/t24-,29+,31-,33+,34-,37-,39-,40+,41+,42-/m1/s1. The van der Waals surface area contributed by atoms with Gasteiger partial charge in [0.05, 0.1) is 11.7 Å². The van der Waals surface area contributed by atoms with Crippen LogP contribution in [0.15, 0.2) is 29.3 Å². The quantitative estimate of drug-likeness (QED) is 0.245. The highest BCUT2D eigenvalue weighted by Gasteiger charge is 2.69. The smallest absolute Gasteiger partial charge is 0.159 e. The van der Waals surface area contributed by atoms with E-state index in [4.69, 9.17) is 4.74 Å². The van der Waals surface area contributed by atoms with E-state index in [9.17, 15) is 19.8 Å². The zero-order chi connectivity index (χ0) is 34.6. The number of nitrogens with one attached hydrogen (secondary N) is 1. The number of phenols is 1. The second kappa shape index (κ2) is 11.5. The normalized spacial score (nSPS) is 41.9. The van der Waals surface area contributed by atoms with Gasteiger partial charge in [-0.1, -0.05) is 66.0 Å². The molecule has 0 unspecified atom stereocenters. The molecule has 1 aliphatic heterocycles. The number of carbonyl (C=O) groups is 2. The molecule has 5 fully saturated rings. The summed E-state index contributed by atoms with van der Waals surface area (Å²) in [6, 6.07) is 5.72. The third kappa shape index (κ3) is 4.88. The first-order valence-electron chi connectivity index (χ1n) is 19.2. The van der Waals surface area contributed by atoms with Crippen molar-refractivity contribution in [2.24, 2.45) is 45.3 Å². The van der Waals surface area contributed by atoms with E-state index in [2.05, 4.69) is 59.8 Å². The van der Waals surface area contributed by atoms with Crippen LogP contribution in [0.1, 0.15) is 136 Å². The van der Waals surface area contributed by atoms with Crippen molar-refractivity contribution < 1.29 is 24.5 Å². The third-order valence-corrected chi connectivity index (χ3v) is 15.8. The molecule has 0 spiro atoms. The number of ether oxygens (including phenoxy) is 1. The van der Waals surface area contributed by atoms with Crippen molar-refractivity contribution in [2.45, 2.75) is 149 Å². The minimum absolute atomic E-state index is 0.00149. The van der Waals surface area contributed by atoms with Gasteiger partial charge in [-0.25, -0.2) is 0 Å². The fourth-order valence-corrected chi connectivity index (χ4v) is 13.3. The van der Waals surface area contributed by atoms with Gasteiger partial charge >= 0.3 is 0 Å². The number of carbonyl (C=O) groups excluding carboxylic acids is 2. The number of Topliss-reactive ketones (excluding diaryl/α,β-unsaturated/α-hetero) is 2. The van der Waals surface area contributed by atoms with E-state index in [1.807, 2.05) is 13.1 Å². The number of epoxide rings is 1. The molecule has 7 rings (SSSR count). The van der Waals surface area contributed by atoms with Gasteiger partial charge in [0.2, 0.25) is 0 Å². The summed E-state index contributed by atoms with van der Waals surface area (Å²) >= 11 is 0. The van der Waals surface area contributed by atoms with Crippen molar-refractivity contribution in [1.29, 1.82) is 0 Å². The fraction of sp³-hybridized carbons (Fsp3) is 0.762. The van der Waals surface area contributed by atoms with Crippen LogP contribution in [-0.2, 0) is 20.9 Å². The molecule has 6 aliphatic rings. The Morgan fingerprint density at radius 1 is 0.979 bits per heavy atom. The van der Waals surface area contributed by atoms with Crippen molar-refractivity contribution in [3.8, 4) is 5.75 Å². The number of phenolic OH excluding ortho intramolecular Hbond substituents is 1. The molecule has 1 aromatic rings. The Balaban J connectivity index is 1.18. The zero-order valence-electron chi connectivity index (χ0n) is 30.9. The highest BCUT2D eigenvalue weighted by Crippen LogP contribution is 2.75. The minimum atomic E-state index is -0.551. The van der Waals surface area contributed by atoms with Crippen LogP contribution >= 0.6 is 0 Å². The van der Waals surface area contributed by atoms with E-state index < -0.39 is 11.5 Å². The lowest BCUT2D eigenvalue weighted by atomic mass is 9.35. The zero-order valence-corrected chi connectivity index (χ0v) is 30.9. The number of fused-ring (bicyclic) bond motifs is 5. The summed E-state index contributed by atoms with van der Waals surface area (Å²) in [5.41, 5.74) is 3.21. The highest BCUT2D eigenvalue weighted by molar-refractivity contribution is 6.00. The Labute approximate surface area is 288 Å². The van der Waals surface area contributed by atoms with Crippen LogP contribution in [0.2, 0.25) is 0 Å². The van der Waals surface area contributed by atoms with Gasteiger partial charge in [0.25, 0.3) is 0 Å². The van der Waals surface area contributed by atoms with E-state index in [1.54, 1.807) is 6.07 Å². The van der Waals surface area contributed by atoms with Crippen molar-refractivity contribution in [2.75, 3.05) is 7.05 Å². The van der Waals surface area contributed by atoms with Crippen molar-refractivity contribution in [1.82, 2.24) is 5.32 Å². The van der Waals surface area contributed by atoms with E-state index in [0.29, 0.717) is 37.0 Å². The molecule has 0 bridgehead atoms. The van der Waals surface area contributed by atoms with Crippen LogP contribution in [0, 0.1) is 45.3 Å². The monoisotopic (exact) mass is 659 g/mol. The lowest BCUT2D eigenvalue weighted by molar-refractivity contribution is -0.183. The SMILES string of the molecule is CNCc1cc(O)cc([C@@H]2C[C@@]3(C)[C@H]4CCC5=C([C@H](C)C[C@@H](O)[C@H]6O[C@]6(C)C6CCCC6)C(=O)C[C@]5(C)[C@@]4(C)CC[C@H]3C(C)(C)C2=O)c1. The summed E-state index contributed by atoms with van der Waals surface area (Å²) < 4.78 is 6.21. The molecule has 5 aliphatic carbocycles. The largest absolute Gasteiger partial charge is 0.508 e. The van der Waals surface area contributed by atoms with Gasteiger partial charge in [-0.3, -0.25) is 9.59 Å². The topological polar surface area (TPSA) is 99.2 Å². The molecule has 3 N–H and O–H groups in total. The van der Waals surface area contributed by atoms with Gasteiger partial charge in [0, 0.05) is 29.7 Å². The predicted octanol–water partition coefficient (Wildman–Crippen LogP) is 8.04. The van der Waals surface area contributed by atoms with Crippen LogP contribution in [0.5, 0.6) is 5.75 Å². The van der Waals surface area contributed by atoms with Crippen LogP contribution in [0.3, 0.4) is 0 Å². The first-order valence-corrected chi connectivity index (χ1v) is 19.2. The van der Waals surface area contributed by atoms with Crippen LogP contribution in [0.25, 0.3) is 0 Å². The number of hydrogen-bond donors (Lipinski definition) is 3. The molecule has 0 aromatic heterocycles. The van der Waals surface area contributed by atoms with E-state index in [-0.39, 0.29) is 57.2 Å². The number of aromatic hydroxyl groups is 1. The van der Waals surface area contributed by atoms with E-state index in [1.165, 1.54) is 31.3 Å². The summed E-state index contributed by atoms with van der Waals surface area (Å²) in [5, 5.41) is 25.3. The van der Waals surface area contributed by atoms with Gasteiger partial charge in [-0.05, 0) is 129 Å².